The number of Topliss-reactive ketones (excluding diaryl/α,β-unsaturated/α-hetero) is 2. The minimum absolute atomic E-state index is 0.0908. The molecule has 0 atom stereocenters. The Kier molecular flexibility index (Phi) is 9.63. The number of hydrogen-bond donors (Lipinski definition) is 0. The Morgan fingerprint density at radius 2 is 1.42 bits per heavy atom. The molecular weight excluding hydrogens is 332 g/mol. The van der Waals surface area contributed by atoms with E-state index in [2.05, 4.69) is 6.92 Å². The standard InChI is InChI=1S/C21H30O5/c1-5-6-7-8-9-10-11-12-16(14-22)13-17-15(2)18(23)20(25-3)21(26-4)19(17)24/h13-14H,5-12H2,1-4H3/b16-13+. The van der Waals surface area contributed by atoms with Gasteiger partial charge in [-0.1, -0.05) is 45.4 Å². The topological polar surface area (TPSA) is 69.7 Å². The van der Waals surface area contributed by atoms with Gasteiger partial charge in [0.2, 0.25) is 23.1 Å². The molecule has 5 heteroatoms. The molecule has 0 aromatic heterocycles. The summed E-state index contributed by atoms with van der Waals surface area (Å²) < 4.78 is 10.1. The molecule has 0 spiro atoms. The number of ketones is 2. The van der Waals surface area contributed by atoms with E-state index in [4.69, 9.17) is 9.47 Å². The Morgan fingerprint density at radius 3 is 1.96 bits per heavy atom. The number of unbranched alkanes of at least 4 members (excludes halogenated alkanes) is 6. The van der Waals surface area contributed by atoms with Gasteiger partial charge in [-0.2, -0.15) is 0 Å². The average Bonchev–Trinajstić information content (AvgIpc) is 2.65. The van der Waals surface area contributed by atoms with Crippen molar-refractivity contribution in [3.05, 3.63) is 34.3 Å². The Morgan fingerprint density at radius 1 is 0.885 bits per heavy atom. The molecule has 1 rings (SSSR count). The largest absolute Gasteiger partial charge is 0.489 e. The van der Waals surface area contributed by atoms with Crippen molar-refractivity contribution in [1.29, 1.82) is 0 Å². The highest BCUT2D eigenvalue weighted by atomic mass is 16.5. The summed E-state index contributed by atoms with van der Waals surface area (Å²) in [4.78, 5) is 36.3. The second-order valence-electron chi connectivity index (χ2n) is 6.47. The number of aldehydes is 1. The third-order valence-electron chi connectivity index (χ3n) is 4.57. The fourth-order valence-electron chi connectivity index (χ4n) is 2.97. The molecule has 0 aromatic rings. The molecule has 144 valence electrons. The molecule has 5 nitrogen and oxygen atoms in total. The van der Waals surface area contributed by atoms with Gasteiger partial charge in [0.1, 0.15) is 6.29 Å². The zero-order chi connectivity index (χ0) is 19.5. The Balaban J connectivity index is 2.78. The maximum absolute atomic E-state index is 12.6. The van der Waals surface area contributed by atoms with Crippen molar-refractivity contribution in [1.82, 2.24) is 0 Å². The molecule has 0 aromatic carbocycles. The normalized spacial score (nSPS) is 15.6. The van der Waals surface area contributed by atoms with Crippen molar-refractivity contribution in [2.24, 2.45) is 0 Å². The molecule has 0 heterocycles. The smallest absolute Gasteiger partial charge is 0.232 e. The predicted molar refractivity (Wildman–Crippen MR) is 101 cm³/mol. The fourth-order valence-corrected chi connectivity index (χ4v) is 2.97. The van der Waals surface area contributed by atoms with Crippen LogP contribution in [0.1, 0.15) is 65.2 Å². The zero-order valence-corrected chi connectivity index (χ0v) is 16.4. The predicted octanol–water partition coefficient (Wildman–Crippen LogP) is 4.23. The van der Waals surface area contributed by atoms with Gasteiger partial charge in [-0.25, -0.2) is 0 Å². The van der Waals surface area contributed by atoms with Crippen LogP contribution in [0.4, 0.5) is 0 Å². The second-order valence-corrected chi connectivity index (χ2v) is 6.47. The zero-order valence-electron chi connectivity index (χ0n) is 16.4. The van der Waals surface area contributed by atoms with Gasteiger partial charge >= 0.3 is 0 Å². The highest BCUT2D eigenvalue weighted by molar-refractivity contribution is 6.24. The van der Waals surface area contributed by atoms with Crippen molar-refractivity contribution < 1.29 is 23.9 Å². The summed E-state index contributed by atoms with van der Waals surface area (Å²) in [6, 6.07) is 0. The molecule has 0 N–H and O–H groups in total. The molecule has 0 saturated heterocycles. The quantitative estimate of drug-likeness (QED) is 0.225. The lowest BCUT2D eigenvalue weighted by molar-refractivity contribution is -0.120. The number of rotatable bonds is 12. The maximum atomic E-state index is 12.6. The highest BCUT2D eigenvalue weighted by Gasteiger charge is 2.33. The van der Waals surface area contributed by atoms with E-state index >= 15 is 0 Å². The first-order valence-electron chi connectivity index (χ1n) is 9.30. The van der Waals surface area contributed by atoms with E-state index in [-0.39, 0.29) is 22.7 Å². The fraction of sp³-hybridized carbons (Fsp3) is 0.571. The van der Waals surface area contributed by atoms with Crippen LogP contribution < -0.4 is 0 Å². The minimum atomic E-state index is -0.430. The van der Waals surface area contributed by atoms with Crippen LogP contribution in [0.5, 0.6) is 0 Å². The van der Waals surface area contributed by atoms with E-state index in [1.54, 1.807) is 6.92 Å². The van der Waals surface area contributed by atoms with Gasteiger partial charge in [0.25, 0.3) is 0 Å². The van der Waals surface area contributed by atoms with Gasteiger partial charge in [-0.3, -0.25) is 14.4 Å². The van der Waals surface area contributed by atoms with Crippen LogP contribution in [-0.4, -0.2) is 32.1 Å². The molecule has 1 aliphatic carbocycles. The molecule has 0 saturated carbocycles. The summed E-state index contributed by atoms with van der Waals surface area (Å²) in [5, 5.41) is 0. The van der Waals surface area contributed by atoms with Crippen molar-refractivity contribution in [3.8, 4) is 0 Å². The molecule has 0 fully saturated rings. The molecular formula is C21H30O5. The third-order valence-corrected chi connectivity index (χ3v) is 4.57. The van der Waals surface area contributed by atoms with Gasteiger partial charge in [0.15, 0.2) is 0 Å². The number of ether oxygens (including phenoxy) is 2. The molecule has 0 radical (unpaired) electrons. The average molecular weight is 362 g/mol. The first-order valence-corrected chi connectivity index (χ1v) is 9.30. The van der Waals surface area contributed by atoms with Crippen molar-refractivity contribution in [2.45, 2.75) is 65.2 Å². The third kappa shape index (κ3) is 5.68. The van der Waals surface area contributed by atoms with E-state index in [9.17, 15) is 14.4 Å². The lowest BCUT2D eigenvalue weighted by atomic mass is 9.91. The van der Waals surface area contributed by atoms with Gasteiger partial charge in [-0.05, 0) is 31.4 Å². The summed E-state index contributed by atoms with van der Waals surface area (Å²) in [6.45, 7) is 3.75. The van der Waals surface area contributed by atoms with Crippen molar-refractivity contribution >= 4 is 17.9 Å². The molecule has 0 bridgehead atoms. The Bertz CT molecular complexity index is 622. The number of carbonyl (C=O) groups excluding carboxylic acids is 3. The van der Waals surface area contributed by atoms with Crippen LogP contribution in [0.15, 0.2) is 34.3 Å². The lowest BCUT2D eigenvalue weighted by Gasteiger charge is -2.19. The number of carbonyl (C=O) groups is 3. The first-order chi connectivity index (χ1) is 12.5. The van der Waals surface area contributed by atoms with Crippen LogP contribution in [0, 0.1) is 0 Å². The van der Waals surface area contributed by atoms with E-state index in [0.29, 0.717) is 12.0 Å². The molecule has 0 amide bonds. The lowest BCUT2D eigenvalue weighted by Crippen LogP contribution is -2.24. The Hall–Kier alpha value is -2.17. The summed E-state index contributed by atoms with van der Waals surface area (Å²) in [5.74, 6) is -1.03. The summed E-state index contributed by atoms with van der Waals surface area (Å²) in [5.41, 5.74) is 0.995. The van der Waals surface area contributed by atoms with Gasteiger partial charge in [-0.15, -0.1) is 0 Å². The highest BCUT2D eigenvalue weighted by Crippen LogP contribution is 2.27. The van der Waals surface area contributed by atoms with Gasteiger partial charge < -0.3 is 9.47 Å². The van der Waals surface area contributed by atoms with Crippen LogP contribution in [0.2, 0.25) is 0 Å². The molecule has 0 aliphatic heterocycles. The minimum Gasteiger partial charge on any atom is -0.489 e. The number of allylic oxidation sites excluding steroid dienone is 4. The summed E-state index contributed by atoms with van der Waals surface area (Å²) in [6.07, 6.45) is 10.9. The molecule has 0 unspecified atom stereocenters. The number of hydrogen-bond acceptors (Lipinski definition) is 5. The van der Waals surface area contributed by atoms with Crippen LogP contribution in [0.25, 0.3) is 0 Å². The van der Waals surface area contributed by atoms with Crippen LogP contribution in [-0.2, 0) is 23.9 Å². The summed E-state index contributed by atoms with van der Waals surface area (Å²) in [7, 11) is 2.64. The van der Waals surface area contributed by atoms with Gasteiger partial charge in [0, 0.05) is 11.1 Å². The molecule has 1 aliphatic rings. The summed E-state index contributed by atoms with van der Waals surface area (Å²) >= 11 is 0. The van der Waals surface area contributed by atoms with E-state index in [1.165, 1.54) is 46.0 Å². The van der Waals surface area contributed by atoms with Crippen LogP contribution >= 0.6 is 0 Å². The second kappa shape index (κ2) is 11.4. The van der Waals surface area contributed by atoms with E-state index in [0.717, 1.165) is 25.5 Å². The Labute approximate surface area is 156 Å². The number of methoxy groups -OCH3 is 2. The van der Waals surface area contributed by atoms with E-state index < -0.39 is 11.6 Å². The van der Waals surface area contributed by atoms with Gasteiger partial charge in [0.05, 0.1) is 14.2 Å². The first kappa shape index (κ1) is 21.9. The SMILES string of the molecule is CCCCCCCCC/C(C=O)=C\C1=C(C)C(=O)C(OC)=C(OC)C1=O. The van der Waals surface area contributed by atoms with Crippen molar-refractivity contribution in [3.63, 3.8) is 0 Å². The monoisotopic (exact) mass is 362 g/mol. The van der Waals surface area contributed by atoms with E-state index in [1.807, 2.05) is 0 Å². The molecule has 26 heavy (non-hydrogen) atoms. The van der Waals surface area contributed by atoms with Crippen LogP contribution in [0.3, 0.4) is 0 Å². The maximum Gasteiger partial charge on any atom is 0.232 e. The van der Waals surface area contributed by atoms with Crippen molar-refractivity contribution in [2.75, 3.05) is 14.2 Å².